The molecule has 4 rings (SSSR count). The minimum Gasteiger partial charge on any atom is -0.334 e. The predicted molar refractivity (Wildman–Crippen MR) is 84.8 cm³/mol. The Hall–Kier alpha value is -1.36. The number of aromatic nitrogens is 2. The topological polar surface area (TPSA) is 50.2 Å². The van der Waals surface area contributed by atoms with Gasteiger partial charge in [-0.1, -0.05) is 6.42 Å². The van der Waals surface area contributed by atoms with Crippen molar-refractivity contribution in [2.24, 2.45) is 5.92 Å². The van der Waals surface area contributed by atoms with Crippen molar-refractivity contribution in [3.05, 3.63) is 18.0 Å². The van der Waals surface area contributed by atoms with Gasteiger partial charge in [-0.15, -0.1) is 0 Å². The van der Waals surface area contributed by atoms with Crippen LogP contribution in [0.25, 0.3) is 0 Å². The van der Waals surface area contributed by atoms with E-state index in [1.807, 2.05) is 16.9 Å². The first kappa shape index (κ1) is 14.2. The molecule has 2 saturated heterocycles. The summed E-state index contributed by atoms with van der Waals surface area (Å²) in [6, 6.07) is 2.79. The van der Waals surface area contributed by atoms with E-state index >= 15 is 0 Å². The molecule has 3 atom stereocenters. The van der Waals surface area contributed by atoms with Crippen LogP contribution < -0.4 is 5.32 Å². The standard InChI is InChI=1S/C17H26N4O/c22-17(20-10-3-5-13-4-1-7-16(13)20)15-8-11-21(19-15)14-6-2-9-18-12-14/h8,11,13-14,16,18H,1-7,9-10,12H2. The molecule has 0 radical (unpaired) electrons. The SMILES string of the molecule is O=C(c1ccn(C2CCCNC2)n1)N1CCCC2CCCC21. The molecule has 2 aliphatic heterocycles. The highest BCUT2D eigenvalue weighted by Gasteiger charge is 2.38. The molecule has 0 bridgehead atoms. The van der Waals surface area contributed by atoms with Crippen molar-refractivity contribution in [1.82, 2.24) is 20.0 Å². The van der Waals surface area contributed by atoms with Gasteiger partial charge in [-0.2, -0.15) is 5.10 Å². The third-order valence-corrected chi connectivity index (χ3v) is 5.73. The first-order valence-corrected chi connectivity index (χ1v) is 8.90. The molecule has 1 amide bonds. The fraction of sp³-hybridized carbons (Fsp3) is 0.765. The Bertz CT molecular complexity index is 535. The van der Waals surface area contributed by atoms with Gasteiger partial charge in [-0.05, 0) is 57.1 Å². The molecule has 1 N–H and O–H groups in total. The van der Waals surface area contributed by atoms with Crippen LogP contribution >= 0.6 is 0 Å². The Morgan fingerprint density at radius 2 is 2.09 bits per heavy atom. The molecule has 3 unspecified atom stereocenters. The lowest BCUT2D eigenvalue weighted by Gasteiger charge is -2.37. The predicted octanol–water partition coefficient (Wildman–Crippen LogP) is 2.21. The van der Waals surface area contributed by atoms with Crippen molar-refractivity contribution < 1.29 is 4.79 Å². The summed E-state index contributed by atoms with van der Waals surface area (Å²) in [5, 5.41) is 8.02. The van der Waals surface area contributed by atoms with Gasteiger partial charge in [0, 0.05) is 25.3 Å². The molecule has 0 spiro atoms. The second-order valence-electron chi connectivity index (χ2n) is 7.08. The number of amides is 1. The maximum atomic E-state index is 12.9. The molecule has 3 fully saturated rings. The normalized spacial score (nSPS) is 32.0. The molecular formula is C17H26N4O. The second-order valence-corrected chi connectivity index (χ2v) is 7.08. The third-order valence-electron chi connectivity index (χ3n) is 5.73. The first-order chi connectivity index (χ1) is 10.8. The van der Waals surface area contributed by atoms with Crippen LogP contribution in [0.2, 0.25) is 0 Å². The van der Waals surface area contributed by atoms with Crippen molar-refractivity contribution in [3.63, 3.8) is 0 Å². The highest BCUT2D eigenvalue weighted by atomic mass is 16.2. The maximum absolute atomic E-state index is 12.9. The highest BCUT2D eigenvalue weighted by Crippen LogP contribution is 2.37. The van der Waals surface area contributed by atoms with Gasteiger partial charge in [0.2, 0.25) is 0 Å². The van der Waals surface area contributed by atoms with Crippen molar-refractivity contribution in [3.8, 4) is 0 Å². The number of rotatable bonds is 2. The van der Waals surface area contributed by atoms with E-state index in [0.29, 0.717) is 17.8 Å². The lowest BCUT2D eigenvalue weighted by molar-refractivity contribution is 0.0541. The van der Waals surface area contributed by atoms with Crippen LogP contribution in [-0.2, 0) is 0 Å². The molecule has 1 saturated carbocycles. The maximum Gasteiger partial charge on any atom is 0.274 e. The number of nitrogens with zero attached hydrogens (tertiary/aromatic N) is 3. The summed E-state index contributed by atoms with van der Waals surface area (Å²) in [6.45, 7) is 2.97. The van der Waals surface area contributed by atoms with Crippen LogP contribution in [0.4, 0.5) is 0 Å². The van der Waals surface area contributed by atoms with Crippen molar-refractivity contribution in [2.45, 2.75) is 57.0 Å². The van der Waals surface area contributed by atoms with E-state index in [1.54, 1.807) is 0 Å². The fourth-order valence-electron chi connectivity index (χ4n) is 4.57. The Morgan fingerprint density at radius 1 is 1.18 bits per heavy atom. The van der Waals surface area contributed by atoms with Crippen LogP contribution in [0.3, 0.4) is 0 Å². The van der Waals surface area contributed by atoms with E-state index in [2.05, 4.69) is 15.3 Å². The minimum atomic E-state index is 0.152. The Balaban J connectivity index is 1.49. The average molecular weight is 302 g/mol. The summed E-state index contributed by atoms with van der Waals surface area (Å²) in [5.41, 5.74) is 0.637. The van der Waals surface area contributed by atoms with Crippen LogP contribution in [0.5, 0.6) is 0 Å². The Kier molecular flexibility index (Phi) is 3.90. The van der Waals surface area contributed by atoms with Gasteiger partial charge >= 0.3 is 0 Å². The zero-order valence-corrected chi connectivity index (χ0v) is 13.2. The number of carbonyl (C=O) groups excluding carboxylic acids is 1. The van der Waals surface area contributed by atoms with Gasteiger partial charge in [-0.25, -0.2) is 0 Å². The molecule has 1 aromatic heterocycles. The fourth-order valence-corrected chi connectivity index (χ4v) is 4.57. The molecule has 3 heterocycles. The van der Waals surface area contributed by atoms with Crippen LogP contribution in [0.1, 0.15) is 61.5 Å². The van der Waals surface area contributed by atoms with Crippen molar-refractivity contribution >= 4 is 5.91 Å². The lowest BCUT2D eigenvalue weighted by atomic mass is 9.92. The Morgan fingerprint density at radius 3 is 2.95 bits per heavy atom. The summed E-state index contributed by atoms with van der Waals surface area (Å²) in [6.07, 6.45) is 10.5. The quantitative estimate of drug-likeness (QED) is 0.911. The molecule has 22 heavy (non-hydrogen) atoms. The molecule has 5 nitrogen and oxygen atoms in total. The van der Waals surface area contributed by atoms with Gasteiger partial charge in [0.25, 0.3) is 5.91 Å². The number of piperidine rings is 2. The van der Waals surface area contributed by atoms with Crippen LogP contribution in [0, 0.1) is 5.92 Å². The molecule has 1 aliphatic carbocycles. The van der Waals surface area contributed by atoms with E-state index in [1.165, 1.54) is 32.1 Å². The van der Waals surface area contributed by atoms with E-state index in [-0.39, 0.29) is 5.91 Å². The summed E-state index contributed by atoms with van der Waals surface area (Å²) in [4.78, 5) is 15.0. The zero-order chi connectivity index (χ0) is 14.9. The van der Waals surface area contributed by atoms with Gasteiger partial charge < -0.3 is 10.2 Å². The number of fused-ring (bicyclic) bond motifs is 1. The summed E-state index contributed by atoms with van der Waals surface area (Å²) in [5.74, 6) is 0.890. The number of likely N-dealkylation sites (tertiary alicyclic amines) is 1. The zero-order valence-electron chi connectivity index (χ0n) is 13.2. The smallest absolute Gasteiger partial charge is 0.274 e. The van der Waals surface area contributed by atoms with Gasteiger partial charge in [0.15, 0.2) is 0 Å². The molecular weight excluding hydrogens is 276 g/mol. The van der Waals surface area contributed by atoms with Gasteiger partial charge in [-0.3, -0.25) is 9.48 Å². The van der Waals surface area contributed by atoms with Crippen molar-refractivity contribution in [2.75, 3.05) is 19.6 Å². The van der Waals surface area contributed by atoms with Gasteiger partial charge in [0.1, 0.15) is 5.69 Å². The first-order valence-electron chi connectivity index (χ1n) is 8.90. The number of hydrogen-bond acceptors (Lipinski definition) is 3. The molecule has 5 heteroatoms. The monoisotopic (exact) mass is 302 g/mol. The largest absolute Gasteiger partial charge is 0.334 e. The van der Waals surface area contributed by atoms with Crippen LogP contribution in [-0.4, -0.2) is 46.3 Å². The molecule has 1 aromatic rings. The van der Waals surface area contributed by atoms with E-state index in [4.69, 9.17) is 0 Å². The third kappa shape index (κ3) is 2.56. The summed E-state index contributed by atoms with van der Waals surface area (Å²) in [7, 11) is 0. The van der Waals surface area contributed by atoms with Gasteiger partial charge in [0.05, 0.1) is 6.04 Å². The van der Waals surface area contributed by atoms with E-state index in [9.17, 15) is 4.79 Å². The minimum absolute atomic E-state index is 0.152. The van der Waals surface area contributed by atoms with Crippen molar-refractivity contribution in [1.29, 1.82) is 0 Å². The second kappa shape index (κ2) is 6.03. The van der Waals surface area contributed by atoms with Crippen LogP contribution in [0.15, 0.2) is 12.3 Å². The summed E-state index contributed by atoms with van der Waals surface area (Å²) >= 11 is 0. The average Bonchev–Trinajstić information content (AvgIpc) is 3.24. The highest BCUT2D eigenvalue weighted by molar-refractivity contribution is 5.92. The molecule has 0 aromatic carbocycles. The number of hydrogen-bond donors (Lipinski definition) is 1. The molecule has 120 valence electrons. The molecule has 3 aliphatic rings. The lowest BCUT2D eigenvalue weighted by Crippen LogP contribution is -2.46. The number of nitrogens with one attached hydrogen (secondary N) is 1. The van der Waals surface area contributed by atoms with E-state index in [0.717, 1.165) is 38.4 Å². The summed E-state index contributed by atoms with van der Waals surface area (Å²) < 4.78 is 2.00. The number of carbonyl (C=O) groups is 1. The van der Waals surface area contributed by atoms with E-state index < -0.39 is 0 Å². The Labute approximate surface area is 132 Å².